The maximum absolute atomic E-state index is 12.8. The third-order valence-electron chi connectivity index (χ3n) is 4.19. The van der Waals surface area contributed by atoms with E-state index in [0.717, 1.165) is 12.0 Å². The first-order chi connectivity index (χ1) is 9.60. The average Bonchev–Trinajstić information content (AvgIpc) is 2.36. The summed E-state index contributed by atoms with van der Waals surface area (Å²) in [6.07, 6.45) is 1.11. The molecule has 1 aromatic carbocycles. The van der Waals surface area contributed by atoms with Crippen molar-refractivity contribution in [3.63, 3.8) is 0 Å². The zero-order valence-corrected chi connectivity index (χ0v) is 14.6. The van der Waals surface area contributed by atoms with Crippen molar-refractivity contribution in [2.24, 2.45) is 11.8 Å². The van der Waals surface area contributed by atoms with Crippen LogP contribution in [-0.2, 0) is 15.4 Å². The molecule has 1 saturated heterocycles. The van der Waals surface area contributed by atoms with E-state index >= 15 is 0 Å². The summed E-state index contributed by atoms with van der Waals surface area (Å²) in [4.78, 5) is 0.414. The Morgan fingerprint density at radius 3 is 1.90 bits per heavy atom. The fraction of sp³-hybridized carbons (Fsp3) is 0.647. The molecular formula is C17H27NO2S. The van der Waals surface area contributed by atoms with Gasteiger partial charge in [-0.15, -0.1) is 0 Å². The molecule has 0 spiro atoms. The van der Waals surface area contributed by atoms with Crippen LogP contribution in [0.5, 0.6) is 0 Å². The van der Waals surface area contributed by atoms with E-state index in [2.05, 4.69) is 34.6 Å². The molecule has 0 N–H and O–H groups in total. The van der Waals surface area contributed by atoms with Crippen LogP contribution < -0.4 is 0 Å². The molecule has 3 nitrogen and oxygen atoms in total. The summed E-state index contributed by atoms with van der Waals surface area (Å²) in [5.74, 6) is 0.856. The highest BCUT2D eigenvalue weighted by molar-refractivity contribution is 7.89. The van der Waals surface area contributed by atoms with Crippen molar-refractivity contribution in [1.82, 2.24) is 4.31 Å². The third kappa shape index (κ3) is 3.67. The van der Waals surface area contributed by atoms with E-state index in [0.29, 0.717) is 29.8 Å². The highest BCUT2D eigenvalue weighted by atomic mass is 32.2. The molecule has 0 amide bonds. The number of piperidine rings is 1. The lowest BCUT2D eigenvalue weighted by Gasteiger charge is -2.34. The summed E-state index contributed by atoms with van der Waals surface area (Å²) >= 11 is 0. The lowest BCUT2D eigenvalue weighted by molar-refractivity contribution is 0.222. The van der Waals surface area contributed by atoms with Gasteiger partial charge >= 0.3 is 0 Å². The number of sulfonamides is 1. The minimum atomic E-state index is -3.36. The van der Waals surface area contributed by atoms with Gasteiger partial charge in [0.2, 0.25) is 10.0 Å². The summed E-state index contributed by atoms with van der Waals surface area (Å²) < 4.78 is 27.2. The van der Waals surface area contributed by atoms with Crippen LogP contribution in [0, 0.1) is 11.8 Å². The molecule has 1 aliphatic rings. The molecule has 2 rings (SSSR count). The molecule has 0 aromatic heterocycles. The van der Waals surface area contributed by atoms with Crippen LogP contribution in [-0.4, -0.2) is 25.8 Å². The number of benzene rings is 1. The molecule has 4 heteroatoms. The number of hydrogen-bond donors (Lipinski definition) is 0. The van der Waals surface area contributed by atoms with Crippen molar-refractivity contribution in [2.45, 2.75) is 51.3 Å². The van der Waals surface area contributed by atoms with Gasteiger partial charge in [-0.1, -0.05) is 46.8 Å². The van der Waals surface area contributed by atoms with Gasteiger partial charge < -0.3 is 0 Å². The maximum atomic E-state index is 12.8. The molecule has 2 atom stereocenters. The zero-order chi connectivity index (χ0) is 15.8. The molecule has 1 heterocycles. The summed E-state index contributed by atoms with van der Waals surface area (Å²) in [5.41, 5.74) is 1.19. The zero-order valence-electron chi connectivity index (χ0n) is 13.8. The Morgan fingerprint density at radius 2 is 1.48 bits per heavy atom. The number of rotatable bonds is 2. The number of nitrogens with zero attached hydrogens (tertiary/aromatic N) is 1. The quantitative estimate of drug-likeness (QED) is 0.836. The molecule has 0 bridgehead atoms. The van der Waals surface area contributed by atoms with Gasteiger partial charge in [0.1, 0.15) is 0 Å². The molecule has 0 radical (unpaired) electrons. The van der Waals surface area contributed by atoms with Crippen LogP contribution >= 0.6 is 0 Å². The van der Waals surface area contributed by atoms with Gasteiger partial charge in [0.25, 0.3) is 0 Å². The Labute approximate surface area is 129 Å². The molecule has 0 saturated carbocycles. The highest BCUT2D eigenvalue weighted by Crippen LogP contribution is 2.28. The van der Waals surface area contributed by atoms with Gasteiger partial charge in [-0.25, -0.2) is 8.42 Å². The molecule has 0 aliphatic carbocycles. The number of hydrogen-bond acceptors (Lipinski definition) is 2. The van der Waals surface area contributed by atoms with Crippen molar-refractivity contribution >= 4 is 10.0 Å². The van der Waals surface area contributed by atoms with Crippen LogP contribution in [0.15, 0.2) is 29.2 Å². The largest absolute Gasteiger partial charge is 0.243 e. The Balaban J connectivity index is 2.27. The monoisotopic (exact) mass is 309 g/mol. The molecule has 1 aromatic rings. The Hall–Kier alpha value is -0.870. The predicted octanol–water partition coefficient (Wildman–Crippen LogP) is 3.65. The molecule has 118 valence electrons. The molecular weight excluding hydrogens is 282 g/mol. The Kier molecular flexibility index (Phi) is 4.50. The summed E-state index contributed by atoms with van der Waals surface area (Å²) in [6, 6.07) is 7.37. The topological polar surface area (TPSA) is 37.4 Å². The van der Waals surface area contributed by atoms with Gasteiger partial charge in [0.05, 0.1) is 4.90 Å². The summed E-state index contributed by atoms with van der Waals surface area (Å²) in [5, 5.41) is 0. The second-order valence-corrected chi connectivity index (χ2v) is 9.48. The molecule has 0 unspecified atom stereocenters. The highest BCUT2D eigenvalue weighted by Gasteiger charge is 2.31. The van der Waals surface area contributed by atoms with E-state index in [1.165, 1.54) is 0 Å². The standard InChI is InChI=1S/C17H27NO2S/c1-13-10-14(2)12-18(11-13)21(19,20)16-8-6-15(7-9-16)17(3,4)5/h6-9,13-14H,10-12H2,1-5H3/t13-,14-/m1/s1. The van der Waals surface area contributed by atoms with Crippen molar-refractivity contribution in [3.05, 3.63) is 29.8 Å². The Morgan fingerprint density at radius 1 is 1.00 bits per heavy atom. The summed E-state index contributed by atoms with van der Waals surface area (Å²) in [6.45, 7) is 11.9. The normalized spacial score (nSPS) is 25.0. The summed E-state index contributed by atoms with van der Waals surface area (Å²) in [7, 11) is -3.36. The molecule has 1 fully saturated rings. The first kappa shape index (κ1) is 16.5. The second kappa shape index (κ2) is 5.73. The van der Waals surface area contributed by atoms with Gasteiger partial charge in [0.15, 0.2) is 0 Å². The predicted molar refractivity (Wildman–Crippen MR) is 86.8 cm³/mol. The van der Waals surface area contributed by atoms with Crippen LogP contribution in [0.25, 0.3) is 0 Å². The van der Waals surface area contributed by atoms with Gasteiger partial charge in [-0.2, -0.15) is 4.31 Å². The van der Waals surface area contributed by atoms with E-state index in [-0.39, 0.29) is 5.41 Å². The third-order valence-corrected chi connectivity index (χ3v) is 6.04. The van der Waals surface area contributed by atoms with Crippen LogP contribution in [0.1, 0.15) is 46.6 Å². The first-order valence-electron chi connectivity index (χ1n) is 7.71. The van der Waals surface area contributed by atoms with E-state index in [1.807, 2.05) is 12.1 Å². The van der Waals surface area contributed by atoms with E-state index in [1.54, 1.807) is 16.4 Å². The SMILES string of the molecule is C[C@@H]1C[C@@H](C)CN(S(=O)(=O)c2ccc(C(C)(C)C)cc2)C1. The average molecular weight is 309 g/mol. The minimum Gasteiger partial charge on any atom is -0.207 e. The minimum absolute atomic E-state index is 0.0381. The smallest absolute Gasteiger partial charge is 0.207 e. The van der Waals surface area contributed by atoms with E-state index < -0.39 is 10.0 Å². The van der Waals surface area contributed by atoms with E-state index in [9.17, 15) is 8.42 Å². The fourth-order valence-electron chi connectivity index (χ4n) is 3.08. The van der Waals surface area contributed by atoms with Crippen LogP contribution in [0.4, 0.5) is 0 Å². The van der Waals surface area contributed by atoms with Crippen molar-refractivity contribution < 1.29 is 8.42 Å². The van der Waals surface area contributed by atoms with Crippen molar-refractivity contribution in [2.75, 3.05) is 13.1 Å². The van der Waals surface area contributed by atoms with Gasteiger partial charge in [-0.3, -0.25) is 0 Å². The molecule has 21 heavy (non-hydrogen) atoms. The van der Waals surface area contributed by atoms with Crippen molar-refractivity contribution in [1.29, 1.82) is 0 Å². The van der Waals surface area contributed by atoms with Crippen LogP contribution in [0.3, 0.4) is 0 Å². The maximum Gasteiger partial charge on any atom is 0.243 e. The molecule has 1 aliphatic heterocycles. The van der Waals surface area contributed by atoms with Gasteiger partial charge in [0, 0.05) is 13.1 Å². The lowest BCUT2D eigenvalue weighted by atomic mass is 9.87. The van der Waals surface area contributed by atoms with Crippen LogP contribution in [0.2, 0.25) is 0 Å². The second-order valence-electron chi connectivity index (χ2n) is 7.54. The Bertz CT molecular complexity index is 574. The van der Waals surface area contributed by atoms with E-state index in [4.69, 9.17) is 0 Å². The fourth-order valence-corrected chi connectivity index (χ4v) is 4.76. The van der Waals surface area contributed by atoms with Gasteiger partial charge in [-0.05, 0) is 41.4 Å². The lowest BCUT2D eigenvalue weighted by Crippen LogP contribution is -2.42. The van der Waals surface area contributed by atoms with Crippen molar-refractivity contribution in [3.8, 4) is 0 Å². The first-order valence-corrected chi connectivity index (χ1v) is 9.15.